The van der Waals surface area contributed by atoms with Crippen LogP contribution in [0, 0.1) is 11.2 Å². The number of nitrogens with one attached hydrogen (secondary N) is 2. The number of anilines is 1. The highest BCUT2D eigenvalue weighted by Gasteiger charge is 2.56. The molecule has 6 heteroatoms. The molecule has 1 aromatic carbocycles. The maximum Gasteiger partial charge on any atom is 0.240 e. The molecule has 0 bridgehead atoms. The predicted octanol–water partition coefficient (Wildman–Crippen LogP) is 2.26. The highest BCUT2D eigenvalue weighted by atomic mass is 19.1. The van der Waals surface area contributed by atoms with Crippen molar-refractivity contribution >= 4 is 17.5 Å². The SMILES string of the molecule is O=C(NCc1ccncc1)C1(C(=O)Nc2ccccc2F)CC1. The number of para-hydroxylation sites is 1. The molecule has 23 heavy (non-hydrogen) atoms. The first-order valence-electron chi connectivity index (χ1n) is 7.35. The van der Waals surface area contributed by atoms with E-state index in [0.717, 1.165) is 5.56 Å². The van der Waals surface area contributed by atoms with Crippen LogP contribution in [-0.4, -0.2) is 16.8 Å². The Kier molecular flexibility index (Phi) is 4.06. The molecular formula is C17H16FN3O2. The van der Waals surface area contributed by atoms with Crippen LogP contribution in [0.1, 0.15) is 18.4 Å². The van der Waals surface area contributed by atoms with Gasteiger partial charge in [-0.25, -0.2) is 4.39 Å². The van der Waals surface area contributed by atoms with Crippen molar-refractivity contribution in [3.63, 3.8) is 0 Å². The molecule has 1 heterocycles. The van der Waals surface area contributed by atoms with E-state index in [1.54, 1.807) is 36.7 Å². The number of benzene rings is 1. The van der Waals surface area contributed by atoms with Crippen molar-refractivity contribution in [2.75, 3.05) is 5.32 Å². The first kappa shape index (κ1) is 15.1. The Morgan fingerprint density at radius 1 is 1.09 bits per heavy atom. The Morgan fingerprint density at radius 2 is 1.78 bits per heavy atom. The van der Waals surface area contributed by atoms with Gasteiger partial charge in [0.05, 0.1) is 5.69 Å². The van der Waals surface area contributed by atoms with E-state index in [0.29, 0.717) is 19.4 Å². The molecule has 1 saturated carbocycles. The lowest BCUT2D eigenvalue weighted by Crippen LogP contribution is -2.39. The van der Waals surface area contributed by atoms with Crippen molar-refractivity contribution < 1.29 is 14.0 Å². The van der Waals surface area contributed by atoms with Crippen molar-refractivity contribution in [3.05, 3.63) is 60.2 Å². The molecule has 0 spiro atoms. The quantitative estimate of drug-likeness (QED) is 0.832. The average molecular weight is 313 g/mol. The standard InChI is InChI=1S/C17H16FN3O2/c18-13-3-1-2-4-14(13)21-16(23)17(7-8-17)15(22)20-11-12-5-9-19-10-6-12/h1-6,9-10H,7-8,11H2,(H,20,22)(H,21,23). The molecule has 0 aliphatic heterocycles. The zero-order chi connectivity index (χ0) is 16.3. The lowest BCUT2D eigenvalue weighted by atomic mass is 10.0. The first-order chi connectivity index (χ1) is 11.1. The fourth-order valence-corrected chi connectivity index (χ4v) is 2.34. The van der Waals surface area contributed by atoms with E-state index in [9.17, 15) is 14.0 Å². The molecule has 0 atom stereocenters. The number of halogens is 1. The third kappa shape index (κ3) is 3.21. The van der Waals surface area contributed by atoms with Gasteiger partial charge in [0.15, 0.2) is 0 Å². The summed E-state index contributed by atoms with van der Waals surface area (Å²) in [4.78, 5) is 28.6. The van der Waals surface area contributed by atoms with Crippen molar-refractivity contribution in [1.82, 2.24) is 10.3 Å². The second-order valence-electron chi connectivity index (χ2n) is 5.55. The lowest BCUT2D eigenvalue weighted by molar-refractivity contribution is -0.134. The molecule has 0 unspecified atom stereocenters. The maximum atomic E-state index is 13.6. The molecule has 2 N–H and O–H groups in total. The number of aromatic nitrogens is 1. The predicted molar refractivity (Wildman–Crippen MR) is 82.8 cm³/mol. The van der Waals surface area contributed by atoms with Crippen molar-refractivity contribution in [1.29, 1.82) is 0 Å². The van der Waals surface area contributed by atoms with E-state index in [2.05, 4.69) is 15.6 Å². The fourth-order valence-electron chi connectivity index (χ4n) is 2.34. The molecular weight excluding hydrogens is 297 g/mol. The van der Waals surface area contributed by atoms with Crippen LogP contribution in [0.3, 0.4) is 0 Å². The topological polar surface area (TPSA) is 71.1 Å². The Morgan fingerprint density at radius 3 is 2.43 bits per heavy atom. The van der Waals surface area contributed by atoms with Gasteiger partial charge in [-0.1, -0.05) is 12.1 Å². The summed E-state index contributed by atoms with van der Waals surface area (Å²) in [6.07, 6.45) is 4.21. The minimum absolute atomic E-state index is 0.0886. The third-order valence-corrected chi connectivity index (χ3v) is 3.94. The molecule has 1 fully saturated rings. The molecule has 0 radical (unpaired) electrons. The van der Waals surface area contributed by atoms with Gasteiger partial charge in [-0.15, -0.1) is 0 Å². The number of hydrogen-bond donors (Lipinski definition) is 2. The highest BCUT2D eigenvalue weighted by molar-refractivity contribution is 6.13. The molecule has 1 aliphatic rings. The van der Waals surface area contributed by atoms with Gasteiger partial charge >= 0.3 is 0 Å². The average Bonchev–Trinajstić information content (AvgIpc) is 3.38. The van der Waals surface area contributed by atoms with Gasteiger partial charge in [0, 0.05) is 18.9 Å². The fraction of sp³-hybridized carbons (Fsp3) is 0.235. The third-order valence-electron chi connectivity index (χ3n) is 3.94. The van der Waals surface area contributed by atoms with Crippen LogP contribution >= 0.6 is 0 Å². The van der Waals surface area contributed by atoms with Crippen LogP contribution < -0.4 is 10.6 Å². The summed E-state index contributed by atoms with van der Waals surface area (Å²) in [5.74, 6) is -1.31. The molecule has 1 aromatic heterocycles. The molecule has 3 rings (SSSR count). The Bertz CT molecular complexity index is 730. The van der Waals surface area contributed by atoms with Crippen LogP contribution in [0.4, 0.5) is 10.1 Å². The van der Waals surface area contributed by atoms with Crippen LogP contribution in [0.15, 0.2) is 48.8 Å². The van der Waals surface area contributed by atoms with Crippen LogP contribution in [0.2, 0.25) is 0 Å². The molecule has 1 aliphatic carbocycles. The van der Waals surface area contributed by atoms with Crippen molar-refractivity contribution in [3.8, 4) is 0 Å². The van der Waals surface area contributed by atoms with Crippen LogP contribution in [0.25, 0.3) is 0 Å². The van der Waals surface area contributed by atoms with E-state index in [-0.39, 0.29) is 11.6 Å². The normalized spacial score (nSPS) is 14.8. The van der Waals surface area contributed by atoms with Gasteiger partial charge in [0.2, 0.25) is 11.8 Å². The van der Waals surface area contributed by atoms with E-state index < -0.39 is 17.1 Å². The maximum absolute atomic E-state index is 13.6. The Labute approximate surface area is 132 Å². The lowest BCUT2D eigenvalue weighted by Gasteiger charge is -2.15. The summed E-state index contributed by atoms with van der Waals surface area (Å²) in [7, 11) is 0. The molecule has 2 aromatic rings. The molecule has 0 saturated heterocycles. The summed E-state index contributed by atoms with van der Waals surface area (Å²) in [6.45, 7) is 0.329. The molecule has 2 amide bonds. The number of carbonyl (C=O) groups excluding carboxylic acids is 2. The van der Waals surface area contributed by atoms with Crippen molar-refractivity contribution in [2.45, 2.75) is 19.4 Å². The second kappa shape index (κ2) is 6.16. The minimum atomic E-state index is -1.09. The van der Waals surface area contributed by atoms with Gasteiger partial charge in [-0.05, 0) is 42.7 Å². The number of hydrogen-bond acceptors (Lipinski definition) is 3. The van der Waals surface area contributed by atoms with Crippen LogP contribution in [0.5, 0.6) is 0 Å². The van der Waals surface area contributed by atoms with E-state index in [4.69, 9.17) is 0 Å². The van der Waals surface area contributed by atoms with Gasteiger partial charge in [0.25, 0.3) is 0 Å². The summed E-state index contributed by atoms with van der Waals surface area (Å²) >= 11 is 0. The monoisotopic (exact) mass is 313 g/mol. The number of pyridine rings is 1. The number of rotatable bonds is 5. The number of amides is 2. The smallest absolute Gasteiger partial charge is 0.240 e. The summed E-state index contributed by atoms with van der Waals surface area (Å²) in [6, 6.07) is 9.48. The van der Waals surface area contributed by atoms with Gasteiger partial charge < -0.3 is 10.6 Å². The highest BCUT2D eigenvalue weighted by Crippen LogP contribution is 2.47. The minimum Gasteiger partial charge on any atom is -0.351 e. The zero-order valence-corrected chi connectivity index (χ0v) is 12.4. The number of carbonyl (C=O) groups is 2. The van der Waals surface area contributed by atoms with Gasteiger partial charge in [0.1, 0.15) is 11.2 Å². The summed E-state index contributed by atoms with van der Waals surface area (Å²) < 4.78 is 13.6. The summed E-state index contributed by atoms with van der Waals surface area (Å²) in [5, 5.41) is 5.27. The van der Waals surface area contributed by atoms with Crippen LogP contribution in [-0.2, 0) is 16.1 Å². The molecule has 5 nitrogen and oxygen atoms in total. The van der Waals surface area contributed by atoms with E-state index in [1.807, 2.05) is 0 Å². The second-order valence-corrected chi connectivity index (χ2v) is 5.55. The van der Waals surface area contributed by atoms with Gasteiger partial charge in [-0.2, -0.15) is 0 Å². The molecule has 118 valence electrons. The van der Waals surface area contributed by atoms with E-state index in [1.165, 1.54) is 12.1 Å². The van der Waals surface area contributed by atoms with Gasteiger partial charge in [-0.3, -0.25) is 14.6 Å². The first-order valence-corrected chi connectivity index (χ1v) is 7.35. The Hall–Kier alpha value is -2.76. The largest absolute Gasteiger partial charge is 0.351 e. The summed E-state index contributed by atoms with van der Waals surface area (Å²) in [5.41, 5.74) is -0.0978. The zero-order valence-electron chi connectivity index (χ0n) is 12.4. The number of nitrogens with zero attached hydrogens (tertiary/aromatic N) is 1. The Balaban J connectivity index is 1.63. The van der Waals surface area contributed by atoms with E-state index >= 15 is 0 Å². The van der Waals surface area contributed by atoms with Crippen molar-refractivity contribution in [2.24, 2.45) is 5.41 Å².